The van der Waals surface area contributed by atoms with Gasteiger partial charge in [-0.15, -0.1) is 0 Å². The second-order valence-corrected chi connectivity index (χ2v) is 12.4. The van der Waals surface area contributed by atoms with Crippen molar-refractivity contribution in [2.75, 3.05) is 12.8 Å². The first-order valence-electron chi connectivity index (χ1n) is 12.1. The topological polar surface area (TPSA) is 83.6 Å². The average Bonchev–Trinajstić information content (AvgIpc) is 3.60. The molecule has 2 aromatic carbocycles. The second-order valence-electron chi connectivity index (χ2n) is 10.4. The highest BCUT2D eigenvalue weighted by Gasteiger charge is 2.61. The van der Waals surface area contributed by atoms with Crippen molar-refractivity contribution in [1.82, 2.24) is 10.2 Å². The Labute approximate surface area is 212 Å². The van der Waals surface area contributed by atoms with E-state index in [1.807, 2.05) is 0 Å². The molecule has 1 aliphatic heterocycles. The van der Waals surface area contributed by atoms with Gasteiger partial charge in [-0.2, -0.15) is 13.2 Å². The van der Waals surface area contributed by atoms with E-state index in [2.05, 4.69) is 5.32 Å². The third-order valence-corrected chi connectivity index (χ3v) is 8.91. The molecule has 0 bridgehead atoms. The first kappa shape index (κ1) is 25.7. The van der Waals surface area contributed by atoms with Crippen LogP contribution in [-0.2, 0) is 20.8 Å². The Bertz CT molecular complexity index is 1370. The lowest BCUT2D eigenvalue weighted by molar-refractivity contribution is -0.153. The minimum atomic E-state index is -4.69. The van der Waals surface area contributed by atoms with Gasteiger partial charge in [0.15, 0.2) is 9.84 Å². The number of nitrogens with one attached hydrogen (secondary N) is 1. The third-order valence-electron chi connectivity index (χ3n) is 7.80. The molecule has 1 spiro atoms. The lowest BCUT2D eigenvalue weighted by atomic mass is 9.57. The predicted molar refractivity (Wildman–Crippen MR) is 126 cm³/mol. The van der Waals surface area contributed by atoms with Crippen molar-refractivity contribution in [3.8, 4) is 0 Å². The second kappa shape index (κ2) is 8.82. The van der Waals surface area contributed by atoms with Crippen molar-refractivity contribution in [2.45, 2.75) is 55.3 Å². The van der Waals surface area contributed by atoms with E-state index in [9.17, 15) is 35.6 Å². The fraction of sp³-hybridized carbons (Fsp3) is 0.462. The van der Waals surface area contributed by atoms with Crippen LogP contribution in [0.1, 0.15) is 59.6 Å². The van der Waals surface area contributed by atoms with Gasteiger partial charge in [-0.3, -0.25) is 9.59 Å². The maximum Gasteiger partial charge on any atom is 0.416 e. The van der Waals surface area contributed by atoms with E-state index in [4.69, 9.17) is 0 Å². The Morgan fingerprint density at radius 3 is 2.35 bits per heavy atom. The van der Waals surface area contributed by atoms with Gasteiger partial charge in [0, 0.05) is 29.3 Å². The predicted octanol–water partition coefficient (Wildman–Crippen LogP) is 4.51. The maximum absolute atomic E-state index is 14.8. The molecule has 2 amide bonds. The van der Waals surface area contributed by atoms with Gasteiger partial charge in [-0.1, -0.05) is 18.6 Å². The van der Waals surface area contributed by atoms with Gasteiger partial charge < -0.3 is 10.2 Å². The van der Waals surface area contributed by atoms with Crippen LogP contribution in [0.3, 0.4) is 0 Å². The highest BCUT2D eigenvalue weighted by molar-refractivity contribution is 7.90. The van der Waals surface area contributed by atoms with Crippen LogP contribution in [0.25, 0.3) is 0 Å². The number of hydrogen-bond donors (Lipinski definition) is 1. The molecule has 2 aromatic rings. The Kier molecular flexibility index (Phi) is 6.12. The summed E-state index contributed by atoms with van der Waals surface area (Å²) in [5, 5.41) is 2.84. The van der Waals surface area contributed by atoms with E-state index in [0.29, 0.717) is 25.5 Å². The van der Waals surface area contributed by atoms with Crippen LogP contribution in [0.2, 0.25) is 0 Å². The normalized spacial score (nSPS) is 21.6. The minimum Gasteiger partial charge on any atom is -0.347 e. The Morgan fingerprint density at radius 2 is 1.81 bits per heavy atom. The molecule has 5 rings (SSSR count). The van der Waals surface area contributed by atoms with Crippen LogP contribution in [-0.4, -0.2) is 44.0 Å². The molecule has 1 unspecified atom stereocenters. The van der Waals surface area contributed by atoms with E-state index in [1.165, 1.54) is 29.2 Å². The van der Waals surface area contributed by atoms with Gasteiger partial charge >= 0.3 is 6.18 Å². The van der Waals surface area contributed by atoms with Gasteiger partial charge in [-0.25, -0.2) is 12.8 Å². The van der Waals surface area contributed by atoms with Crippen molar-refractivity contribution >= 4 is 21.7 Å². The lowest BCUT2D eigenvalue weighted by Crippen LogP contribution is -2.73. The van der Waals surface area contributed by atoms with Crippen molar-refractivity contribution in [1.29, 1.82) is 0 Å². The Balaban J connectivity index is 1.40. The molecule has 1 N–H and O–H groups in total. The molecule has 11 heteroatoms. The van der Waals surface area contributed by atoms with Gasteiger partial charge in [0.1, 0.15) is 11.9 Å². The number of benzene rings is 2. The number of amides is 2. The van der Waals surface area contributed by atoms with Gasteiger partial charge in [0.2, 0.25) is 5.91 Å². The smallest absolute Gasteiger partial charge is 0.347 e. The molecule has 0 radical (unpaired) electrons. The highest BCUT2D eigenvalue weighted by atomic mass is 32.2. The van der Waals surface area contributed by atoms with Crippen LogP contribution < -0.4 is 5.32 Å². The Morgan fingerprint density at radius 1 is 1.11 bits per heavy atom. The van der Waals surface area contributed by atoms with Crippen molar-refractivity contribution in [3.63, 3.8) is 0 Å². The molecule has 0 aromatic heterocycles. The van der Waals surface area contributed by atoms with Gasteiger partial charge in [0.05, 0.1) is 16.5 Å². The number of halogens is 4. The average molecular weight is 539 g/mol. The number of nitrogens with zero attached hydrogens (tertiary/aromatic N) is 1. The molecule has 3 aliphatic rings. The maximum atomic E-state index is 14.8. The number of hydrogen-bond acceptors (Lipinski definition) is 4. The summed E-state index contributed by atoms with van der Waals surface area (Å²) in [6.45, 7) is 0.343. The van der Waals surface area contributed by atoms with E-state index in [1.54, 1.807) is 0 Å². The molecule has 1 heterocycles. The Hall–Kier alpha value is -2.95. The van der Waals surface area contributed by atoms with Crippen LogP contribution in [0, 0.1) is 17.2 Å². The number of alkyl halides is 3. The number of sulfone groups is 1. The van der Waals surface area contributed by atoms with Crippen LogP contribution in [0.4, 0.5) is 17.6 Å². The monoisotopic (exact) mass is 538 g/mol. The molecule has 198 valence electrons. The molecule has 2 atom stereocenters. The number of likely N-dealkylation sites (tertiary alicyclic amines) is 1. The highest BCUT2D eigenvalue weighted by Crippen LogP contribution is 2.54. The zero-order valence-corrected chi connectivity index (χ0v) is 20.8. The summed E-state index contributed by atoms with van der Waals surface area (Å²) in [7, 11) is -3.54. The summed E-state index contributed by atoms with van der Waals surface area (Å²) in [6, 6.07) is 6.31. The molecule has 6 nitrogen and oxygen atoms in total. The van der Waals surface area contributed by atoms with Crippen LogP contribution in [0.5, 0.6) is 0 Å². The van der Waals surface area contributed by atoms with Crippen LogP contribution in [0.15, 0.2) is 47.4 Å². The number of carbonyl (C=O) groups is 2. The molecule has 2 saturated carbocycles. The summed E-state index contributed by atoms with van der Waals surface area (Å²) >= 11 is 0. The van der Waals surface area contributed by atoms with Crippen molar-refractivity contribution in [3.05, 3.63) is 65.0 Å². The standard InChI is InChI=1S/C26H26F4N2O4S/c1-37(35,36)18-5-2-4-16(12-18)24(34)32-14-25(10-3-11-25)22(32)23(33)31-21(15-6-7-15)19-9-8-17(13-20(19)27)26(28,29)30/h2,4-5,8-9,12-13,15,21-22H,3,6-7,10-11,14H2,1H3,(H,31,33)/t21-,22?/m1/s1. The quantitative estimate of drug-likeness (QED) is 0.549. The molecular weight excluding hydrogens is 512 g/mol. The summed E-state index contributed by atoms with van der Waals surface area (Å²) in [5.74, 6) is -2.10. The van der Waals surface area contributed by atoms with Crippen LogP contribution >= 0.6 is 0 Å². The van der Waals surface area contributed by atoms with Crippen molar-refractivity contribution < 1.29 is 35.6 Å². The first-order valence-corrected chi connectivity index (χ1v) is 14.0. The zero-order valence-electron chi connectivity index (χ0n) is 20.0. The zero-order chi connectivity index (χ0) is 26.8. The molecule has 2 aliphatic carbocycles. The summed E-state index contributed by atoms with van der Waals surface area (Å²) < 4.78 is 77.7. The largest absolute Gasteiger partial charge is 0.416 e. The number of rotatable bonds is 6. The fourth-order valence-electron chi connectivity index (χ4n) is 5.50. The van der Waals surface area contributed by atoms with E-state index >= 15 is 0 Å². The molecular formula is C26H26F4N2O4S. The summed E-state index contributed by atoms with van der Waals surface area (Å²) in [5.41, 5.74) is -1.37. The minimum absolute atomic E-state index is 0.00944. The molecule has 1 saturated heterocycles. The van der Waals surface area contributed by atoms with E-state index in [0.717, 1.165) is 37.7 Å². The SMILES string of the molecule is CS(=O)(=O)c1cccc(C(=O)N2CC3(CCC3)C2C(=O)N[C@@H](c2ccc(C(F)(F)F)cc2F)C2CC2)c1. The summed E-state index contributed by atoms with van der Waals surface area (Å²) in [4.78, 5) is 28.3. The van der Waals surface area contributed by atoms with Gasteiger partial charge in [-0.05, 0) is 61.9 Å². The summed E-state index contributed by atoms with van der Waals surface area (Å²) in [6.07, 6.45) is 0.120. The van der Waals surface area contributed by atoms with E-state index < -0.39 is 56.7 Å². The third kappa shape index (κ3) is 4.73. The molecule has 37 heavy (non-hydrogen) atoms. The lowest BCUT2D eigenvalue weighted by Gasteiger charge is -2.61. The fourth-order valence-corrected chi connectivity index (χ4v) is 6.17. The molecule has 3 fully saturated rings. The van der Waals surface area contributed by atoms with Crippen molar-refractivity contribution in [2.24, 2.45) is 11.3 Å². The van der Waals surface area contributed by atoms with Gasteiger partial charge in [0.25, 0.3) is 5.91 Å². The van der Waals surface area contributed by atoms with E-state index in [-0.39, 0.29) is 21.9 Å². The first-order chi connectivity index (χ1) is 17.3. The number of carbonyl (C=O) groups excluding carboxylic acids is 2.